The Bertz CT molecular complexity index is 730. The van der Waals surface area contributed by atoms with Gasteiger partial charge in [0.2, 0.25) is 0 Å². The van der Waals surface area contributed by atoms with Crippen molar-refractivity contribution in [1.82, 2.24) is 14.8 Å². The van der Waals surface area contributed by atoms with E-state index in [0.29, 0.717) is 0 Å². The molecule has 0 aliphatic rings. The first-order valence-corrected chi connectivity index (χ1v) is 6.89. The first kappa shape index (κ1) is 12.7. The van der Waals surface area contributed by atoms with E-state index in [2.05, 4.69) is 29.5 Å². The highest BCUT2D eigenvalue weighted by Crippen LogP contribution is 2.21. The number of benzene rings is 1. The Labute approximate surface area is 118 Å². The molecule has 20 heavy (non-hydrogen) atoms. The lowest BCUT2D eigenvalue weighted by Gasteiger charge is -2.11. The fourth-order valence-corrected chi connectivity index (χ4v) is 2.33. The topological polar surface area (TPSA) is 42.7 Å². The van der Waals surface area contributed by atoms with Crippen molar-refractivity contribution in [3.8, 4) is 0 Å². The minimum Gasteiger partial charge on any atom is -0.370 e. The van der Waals surface area contributed by atoms with E-state index in [9.17, 15) is 0 Å². The number of rotatable bonds is 4. The molecular formula is C16H18N4. The van der Waals surface area contributed by atoms with Gasteiger partial charge in [0.05, 0.1) is 17.8 Å². The van der Waals surface area contributed by atoms with Gasteiger partial charge in [-0.25, -0.2) is 4.98 Å². The largest absolute Gasteiger partial charge is 0.370 e. The summed E-state index contributed by atoms with van der Waals surface area (Å²) in [5.41, 5.74) is 3.21. The average Bonchev–Trinajstić information content (AvgIpc) is 2.85. The lowest BCUT2D eigenvalue weighted by Crippen LogP contribution is -2.08. The number of anilines is 1. The second kappa shape index (κ2) is 5.33. The fraction of sp³-hybridized carbons (Fsp3) is 0.250. The van der Waals surface area contributed by atoms with Crippen LogP contribution in [0.5, 0.6) is 0 Å². The van der Waals surface area contributed by atoms with E-state index in [-0.39, 0.29) is 0 Å². The van der Waals surface area contributed by atoms with Gasteiger partial charge >= 0.3 is 0 Å². The third-order valence-electron chi connectivity index (χ3n) is 3.25. The van der Waals surface area contributed by atoms with Crippen LogP contribution < -0.4 is 5.32 Å². The number of hydrogen-bond acceptors (Lipinski definition) is 3. The van der Waals surface area contributed by atoms with Crippen LogP contribution in [-0.4, -0.2) is 21.3 Å². The minimum atomic E-state index is 0.730. The molecule has 0 atom stereocenters. The first-order valence-electron chi connectivity index (χ1n) is 6.89. The number of aromatic nitrogens is 3. The number of fused-ring (bicyclic) bond motifs is 1. The Morgan fingerprint density at radius 3 is 2.80 bits per heavy atom. The molecule has 0 aliphatic heterocycles. The van der Waals surface area contributed by atoms with Crippen molar-refractivity contribution in [2.24, 2.45) is 0 Å². The van der Waals surface area contributed by atoms with Crippen molar-refractivity contribution in [3.05, 3.63) is 53.9 Å². The predicted molar refractivity (Wildman–Crippen MR) is 82.0 cm³/mol. The molecule has 0 spiro atoms. The molecule has 2 heterocycles. The summed E-state index contributed by atoms with van der Waals surface area (Å²) >= 11 is 0. The quantitative estimate of drug-likeness (QED) is 0.788. The van der Waals surface area contributed by atoms with E-state index in [0.717, 1.165) is 41.1 Å². The van der Waals surface area contributed by atoms with Gasteiger partial charge in [-0.2, -0.15) is 5.10 Å². The summed E-state index contributed by atoms with van der Waals surface area (Å²) in [7, 11) is 0. The lowest BCUT2D eigenvalue weighted by molar-refractivity contribution is 0.679. The summed E-state index contributed by atoms with van der Waals surface area (Å²) < 4.78 is 1.95. The molecule has 1 N–H and O–H groups in total. The maximum atomic E-state index is 4.72. The van der Waals surface area contributed by atoms with Gasteiger partial charge < -0.3 is 5.32 Å². The van der Waals surface area contributed by atoms with Crippen LogP contribution in [0, 0.1) is 6.92 Å². The number of para-hydroxylation sites is 1. The van der Waals surface area contributed by atoms with Crippen LogP contribution >= 0.6 is 0 Å². The molecule has 2 aromatic heterocycles. The van der Waals surface area contributed by atoms with E-state index in [4.69, 9.17) is 4.98 Å². The Hall–Kier alpha value is -2.36. The molecule has 0 amide bonds. The third kappa shape index (κ3) is 2.50. The molecule has 0 saturated heterocycles. The van der Waals surface area contributed by atoms with Gasteiger partial charge in [0.1, 0.15) is 5.82 Å². The number of nitrogens with zero attached hydrogens (tertiary/aromatic N) is 3. The summed E-state index contributed by atoms with van der Waals surface area (Å²) in [6.45, 7) is 5.67. The van der Waals surface area contributed by atoms with Crippen molar-refractivity contribution < 1.29 is 0 Å². The monoisotopic (exact) mass is 266 g/mol. The highest BCUT2D eigenvalue weighted by atomic mass is 15.3. The highest BCUT2D eigenvalue weighted by Gasteiger charge is 2.07. The Kier molecular flexibility index (Phi) is 3.37. The maximum absolute atomic E-state index is 4.72. The van der Waals surface area contributed by atoms with Crippen LogP contribution in [0.2, 0.25) is 0 Å². The molecule has 0 saturated carbocycles. The van der Waals surface area contributed by atoms with Gasteiger partial charge in [-0.15, -0.1) is 0 Å². The SMILES string of the molecule is CCNc1nc2ccccc2cc1Cn1ccc(C)n1. The normalized spacial score (nSPS) is 10.9. The van der Waals surface area contributed by atoms with Crippen LogP contribution in [0.1, 0.15) is 18.2 Å². The molecular weight excluding hydrogens is 248 g/mol. The van der Waals surface area contributed by atoms with E-state index < -0.39 is 0 Å². The molecule has 102 valence electrons. The molecule has 3 aromatic rings. The van der Waals surface area contributed by atoms with Crippen LogP contribution in [0.3, 0.4) is 0 Å². The minimum absolute atomic E-state index is 0.730. The van der Waals surface area contributed by atoms with Gasteiger partial charge in [0.15, 0.2) is 0 Å². The van der Waals surface area contributed by atoms with E-state index >= 15 is 0 Å². The standard InChI is InChI=1S/C16H18N4/c1-3-17-16-14(11-20-9-8-12(2)19-20)10-13-6-4-5-7-15(13)18-16/h4-10H,3,11H2,1-2H3,(H,17,18). The predicted octanol–water partition coefficient (Wildman–Crippen LogP) is 3.22. The zero-order chi connectivity index (χ0) is 13.9. The van der Waals surface area contributed by atoms with Crippen LogP contribution in [-0.2, 0) is 6.54 Å². The molecule has 1 aromatic carbocycles. The van der Waals surface area contributed by atoms with Crippen molar-refractivity contribution >= 4 is 16.7 Å². The molecule has 4 heteroatoms. The summed E-state index contributed by atoms with van der Waals surface area (Å²) in [5, 5.41) is 8.95. The number of hydrogen-bond donors (Lipinski definition) is 1. The number of pyridine rings is 1. The average molecular weight is 266 g/mol. The van der Waals surface area contributed by atoms with Crippen molar-refractivity contribution in [3.63, 3.8) is 0 Å². The van der Waals surface area contributed by atoms with Crippen LogP contribution in [0.15, 0.2) is 42.6 Å². The molecule has 0 unspecified atom stereocenters. The Morgan fingerprint density at radius 1 is 1.20 bits per heavy atom. The van der Waals surface area contributed by atoms with Gasteiger partial charge in [0.25, 0.3) is 0 Å². The van der Waals surface area contributed by atoms with Gasteiger partial charge in [-0.3, -0.25) is 4.68 Å². The van der Waals surface area contributed by atoms with Gasteiger partial charge in [-0.05, 0) is 32.0 Å². The van der Waals surface area contributed by atoms with Crippen molar-refractivity contribution in [2.45, 2.75) is 20.4 Å². The summed E-state index contributed by atoms with van der Waals surface area (Å²) in [6, 6.07) is 12.4. The maximum Gasteiger partial charge on any atom is 0.131 e. The van der Waals surface area contributed by atoms with Crippen LogP contribution in [0.4, 0.5) is 5.82 Å². The molecule has 0 radical (unpaired) electrons. The Balaban J connectivity index is 2.04. The second-order valence-corrected chi connectivity index (χ2v) is 4.87. The lowest BCUT2D eigenvalue weighted by atomic mass is 10.1. The zero-order valence-corrected chi connectivity index (χ0v) is 11.8. The summed E-state index contributed by atoms with van der Waals surface area (Å²) in [5.74, 6) is 0.944. The zero-order valence-electron chi connectivity index (χ0n) is 11.8. The highest BCUT2D eigenvalue weighted by molar-refractivity contribution is 5.81. The fourth-order valence-electron chi connectivity index (χ4n) is 2.33. The first-order chi connectivity index (χ1) is 9.76. The Morgan fingerprint density at radius 2 is 2.05 bits per heavy atom. The summed E-state index contributed by atoms with van der Waals surface area (Å²) in [6.07, 6.45) is 2.00. The van der Waals surface area contributed by atoms with E-state index in [1.54, 1.807) is 0 Å². The second-order valence-electron chi connectivity index (χ2n) is 4.87. The van der Waals surface area contributed by atoms with E-state index in [1.807, 2.05) is 42.1 Å². The molecule has 3 rings (SSSR count). The molecule has 4 nitrogen and oxygen atoms in total. The van der Waals surface area contributed by atoms with E-state index in [1.165, 1.54) is 0 Å². The summed E-state index contributed by atoms with van der Waals surface area (Å²) in [4.78, 5) is 4.72. The van der Waals surface area contributed by atoms with Gasteiger partial charge in [-0.1, -0.05) is 18.2 Å². The van der Waals surface area contributed by atoms with Gasteiger partial charge in [0, 0.05) is 23.7 Å². The molecule has 0 bridgehead atoms. The smallest absolute Gasteiger partial charge is 0.131 e. The number of aryl methyl sites for hydroxylation is 1. The van der Waals surface area contributed by atoms with Crippen molar-refractivity contribution in [1.29, 1.82) is 0 Å². The van der Waals surface area contributed by atoms with Crippen LogP contribution in [0.25, 0.3) is 10.9 Å². The number of nitrogens with one attached hydrogen (secondary N) is 1. The van der Waals surface area contributed by atoms with Crippen molar-refractivity contribution in [2.75, 3.05) is 11.9 Å². The molecule has 0 fully saturated rings. The third-order valence-corrected chi connectivity index (χ3v) is 3.25. The molecule has 0 aliphatic carbocycles.